The molecule has 1 atom stereocenters. The molecule has 84 valence electrons. The minimum absolute atomic E-state index is 0.0837. The summed E-state index contributed by atoms with van der Waals surface area (Å²) >= 11 is 0. The maximum atomic E-state index is 11.1. The molecule has 0 aromatic carbocycles. The van der Waals surface area contributed by atoms with Crippen LogP contribution in [-0.4, -0.2) is 35.5 Å². The van der Waals surface area contributed by atoms with E-state index in [9.17, 15) is 9.90 Å². The van der Waals surface area contributed by atoms with Crippen LogP contribution in [0, 0.1) is 0 Å². The summed E-state index contributed by atoms with van der Waals surface area (Å²) in [4.78, 5) is 11.1. The quantitative estimate of drug-likeness (QED) is 0.654. The maximum Gasteiger partial charge on any atom is 0.338 e. The first-order chi connectivity index (χ1) is 7.06. The number of ether oxygens (including phenoxy) is 1. The number of rotatable bonds is 5. The summed E-state index contributed by atoms with van der Waals surface area (Å²) < 4.78 is 9.26. The molecule has 1 rings (SSSR count). The molecule has 1 unspecified atom stereocenters. The van der Waals surface area contributed by atoms with Crippen molar-refractivity contribution in [3.63, 3.8) is 0 Å². The fraction of sp³-hybridized carbons (Fsp3) is 0.556. The summed E-state index contributed by atoms with van der Waals surface area (Å²) in [5, 5.41) is 16.0. The van der Waals surface area contributed by atoms with Gasteiger partial charge in [0.1, 0.15) is 5.76 Å². The summed E-state index contributed by atoms with van der Waals surface area (Å²) in [5.41, 5.74) is -1.53. The van der Waals surface area contributed by atoms with Crippen LogP contribution in [0.1, 0.15) is 12.7 Å². The second-order valence-electron chi connectivity index (χ2n) is 3.35. The molecule has 0 fully saturated rings. The van der Waals surface area contributed by atoms with E-state index in [4.69, 9.17) is 4.52 Å². The lowest BCUT2D eigenvalue weighted by Gasteiger charge is -2.19. The van der Waals surface area contributed by atoms with E-state index in [2.05, 4.69) is 15.2 Å². The molecule has 6 heteroatoms. The number of hydrogen-bond donors (Lipinski definition) is 2. The van der Waals surface area contributed by atoms with Gasteiger partial charge in [-0.2, -0.15) is 0 Å². The van der Waals surface area contributed by atoms with Crippen LogP contribution >= 0.6 is 0 Å². The molecule has 0 aliphatic carbocycles. The maximum absolute atomic E-state index is 11.1. The number of carbonyl (C=O) groups excluding carboxylic acids is 1. The van der Waals surface area contributed by atoms with Crippen LogP contribution in [0.5, 0.6) is 0 Å². The van der Waals surface area contributed by atoms with E-state index < -0.39 is 11.6 Å². The second-order valence-corrected chi connectivity index (χ2v) is 3.35. The third kappa shape index (κ3) is 3.34. The van der Waals surface area contributed by atoms with Gasteiger partial charge in [0.15, 0.2) is 5.60 Å². The Kier molecular flexibility index (Phi) is 3.81. The molecule has 0 spiro atoms. The Morgan fingerprint density at radius 1 is 1.80 bits per heavy atom. The Morgan fingerprint density at radius 2 is 2.53 bits per heavy atom. The lowest BCUT2D eigenvalue weighted by molar-refractivity contribution is -0.159. The second kappa shape index (κ2) is 4.90. The van der Waals surface area contributed by atoms with Crippen molar-refractivity contribution in [2.45, 2.75) is 19.1 Å². The van der Waals surface area contributed by atoms with E-state index in [0.29, 0.717) is 12.3 Å². The summed E-state index contributed by atoms with van der Waals surface area (Å²) in [5.74, 6) is -0.0387. The van der Waals surface area contributed by atoms with Crippen LogP contribution < -0.4 is 5.32 Å². The highest BCUT2D eigenvalue weighted by Gasteiger charge is 2.30. The Balaban J connectivity index is 2.33. The molecule has 1 aromatic rings. The highest BCUT2D eigenvalue weighted by Crippen LogP contribution is 2.04. The molecule has 6 nitrogen and oxygen atoms in total. The molecule has 1 aromatic heterocycles. The number of aromatic nitrogens is 1. The molecular formula is C9H14N2O4. The molecule has 0 aliphatic rings. The van der Waals surface area contributed by atoms with Crippen molar-refractivity contribution in [1.82, 2.24) is 10.5 Å². The zero-order valence-electron chi connectivity index (χ0n) is 8.69. The third-order valence-electron chi connectivity index (χ3n) is 1.88. The van der Waals surface area contributed by atoms with Crippen molar-refractivity contribution in [1.29, 1.82) is 0 Å². The number of aliphatic hydroxyl groups is 1. The molecule has 15 heavy (non-hydrogen) atoms. The first kappa shape index (κ1) is 11.7. The van der Waals surface area contributed by atoms with Crippen molar-refractivity contribution in [2.24, 2.45) is 0 Å². The van der Waals surface area contributed by atoms with Gasteiger partial charge in [-0.25, -0.2) is 4.79 Å². The fourth-order valence-electron chi connectivity index (χ4n) is 1.05. The van der Waals surface area contributed by atoms with Crippen molar-refractivity contribution in [3.8, 4) is 0 Å². The molecule has 0 aliphatic heterocycles. The van der Waals surface area contributed by atoms with E-state index in [-0.39, 0.29) is 6.54 Å². The molecular weight excluding hydrogens is 200 g/mol. The average Bonchev–Trinajstić information content (AvgIpc) is 2.69. The van der Waals surface area contributed by atoms with Gasteiger partial charge in [0.05, 0.1) is 19.9 Å². The number of esters is 1. The largest absolute Gasteiger partial charge is 0.467 e. The zero-order valence-corrected chi connectivity index (χ0v) is 8.69. The highest BCUT2D eigenvalue weighted by atomic mass is 16.5. The lowest BCUT2D eigenvalue weighted by Crippen LogP contribution is -2.45. The summed E-state index contributed by atoms with van der Waals surface area (Å²) in [7, 11) is 1.23. The van der Waals surface area contributed by atoms with Gasteiger partial charge in [0.25, 0.3) is 0 Å². The summed E-state index contributed by atoms with van der Waals surface area (Å²) in [6, 6.07) is 1.69. The first-order valence-electron chi connectivity index (χ1n) is 4.47. The number of nitrogens with one attached hydrogen (secondary N) is 1. The molecule has 1 heterocycles. The van der Waals surface area contributed by atoms with Crippen molar-refractivity contribution in [3.05, 3.63) is 18.0 Å². The Bertz CT molecular complexity index is 308. The van der Waals surface area contributed by atoms with Crippen LogP contribution in [0.2, 0.25) is 0 Å². The summed E-state index contributed by atoms with van der Waals surface area (Å²) in [6.45, 7) is 1.86. The molecule has 0 saturated carbocycles. The normalized spacial score (nSPS) is 14.6. The SMILES string of the molecule is COC(=O)C(C)(O)CNCc1ccno1. The number of nitrogens with zero attached hydrogens (tertiary/aromatic N) is 1. The molecule has 2 N–H and O–H groups in total. The number of methoxy groups -OCH3 is 1. The first-order valence-corrected chi connectivity index (χ1v) is 4.47. The van der Waals surface area contributed by atoms with E-state index >= 15 is 0 Å². The van der Waals surface area contributed by atoms with Crippen molar-refractivity contribution < 1.29 is 19.2 Å². The molecule has 0 radical (unpaired) electrons. The predicted molar refractivity (Wildman–Crippen MR) is 50.8 cm³/mol. The van der Waals surface area contributed by atoms with E-state index in [0.717, 1.165) is 0 Å². The lowest BCUT2D eigenvalue weighted by atomic mass is 10.1. The van der Waals surface area contributed by atoms with Gasteiger partial charge >= 0.3 is 5.97 Å². The smallest absolute Gasteiger partial charge is 0.338 e. The van der Waals surface area contributed by atoms with Crippen LogP contribution in [0.3, 0.4) is 0 Å². The van der Waals surface area contributed by atoms with Gasteiger partial charge in [0.2, 0.25) is 0 Å². The van der Waals surface area contributed by atoms with Crippen LogP contribution in [0.4, 0.5) is 0 Å². The van der Waals surface area contributed by atoms with Gasteiger partial charge in [0, 0.05) is 12.6 Å². The Labute approximate surface area is 87.2 Å². The predicted octanol–water partition coefficient (Wildman–Crippen LogP) is -0.312. The molecule has 0 saturated heterocycles. The van der Waals surface area contributed by atoms with E-state index in [1.165, 1.54) is 20.2 Å². The van der Waals surface area contributed by atoms with Crippen LogP contribution in [0.25, 0.3) is 0 Å². The minimum Gasteiger partial charge on any atom is -0.467 e. The van der Waals surface area contributed by atoms with Gasteiger partial charge < -0.3 is 19.7 Å². The minimum atomic E-state index is -1.53. The van der Waals surface area contributed by atoms with Crippen molar-refractivity contribution in [2.75, 3.05) is 13.7 Å². The van der Waals surface area contributed by atoms with Gasteiger partial charge in [-0.15, -0.1) is 0 Å². The van der Waals surface area contributed by atoms with Crippen molar-refractivity contribution >= 4 is 5.97 Å². The van der Waals surface area contributed by atoms with Gasteiger partial charge in [-0.05, 0) is 6.92 Å². The summed E-state index contributed by atoms with van der Waals surface area (Å²) in [6.07, 6.45) is 1.52. The van der Waals surface area contributed by atoms with E-state index in [1.807, 2.05) is 0 Å². The van der Waals surface area contributed by atoms with Crippen LogP contribution in [0.15, 0.2) is 16.8 Å². The fourth-order valence-corrected chi connectivity index (χ4v) is 1.05. The Hall–Kier alpha value is -1.40. The van der Waals surface area contributed by atoms with Crippen LogP contribution in [-0.2, 0) is 16.1 Å². The highest BCUT2D eigenvalue weighted by molar-refractivity contribution is 5.78. The molecule has 0 amide bonds. The third-order valence-corrected chi connectivity index (χ3v) is 1.88. The topological polar surface area (TPSA) is 84.6 Å². The number of carbonyl (C=O) groups is 1. The standard InChI is InChI=1S/C9H14N2O4/c1-9(13,8(12)14-2)6-10-5-7-3-4-11-15-7/h3-4,10,13H,5-6H2,1-2H3. The van der Waals surface area contributed by atoms with Gasteiger partial charge in [-0.3, -0.25) is 0 Å². The van der Waals surface area contributed by atoms with Gasteiger partial charge in [-0.1, -0.05) is 5.16 Å². The average molecular weight is 214 g/mol. The molecule has 0 bridgehead atoms. The Morgan fingerprint density at radius 3 is 3.07 bits per heavy atom. The zero-order chi connectivity index (χ0) is 11.3. The van der Waals surface area contributed by atoms with E-state index in [1.54, 1.807) is 6.07 Å². The monoisotopic (exact) mass is 214 g/mol. The number of hydrogen-bond acceptors (Lipinski definition) is 6.